The Bertz CT molecular complexity index is 328. The Kier molecular flexibility index (Phi) is 3.00. The molecule has 1 heteroatoms. The summed E-state index contributed by atoms with van der Waals surface area (Å²) in [5, 5.41) is 0. The van der Waals surface area contributed by atoms with Gasteiger partial charge in [0.2, 0.25) is 0 Å². The molecule has 0 unspecified atom stereocenters. The van der Waals surface area contributed by atoms with Crippen LogP contribution in [0.2, 0.25) is 0 Å². The molecule has 0 amide bonds. The van der Waals surface area contributed by atoms with Gasteiger partial charge in [0.25, 0.3) is 0 Å². The molecule has 1 saturated heterocycles. The quantitative estimate of drug-likeness (QED) is 0.505. The van der Waals surface area contributed by atoms with Gasteiger partial charge in [-0.25, -0.2) is 0 Å². The van der Waals surface area contributed by atoms with Crippen molar-refractivity contribution in [1.82, 2.24) is 0 Å². The molecule has 0 aromatic carbocycles. The predicted octanol–water partition coefficient (Wildman–Crippen LogP) is 4.39. The lowest BCUT2D eigenvalue weighted by Crippen LogP contribution is -2.25. The van der Waals surface area contributed by atoms with E-state index in [0.29, 0.717) is 0 Å². The summed E-state index contributed by atoms with van der Waals surface area (Å²) in [5.74, 6) is 0. The van der Waals surface area contributed by atoms with Gasteiger partial charge in [0, 0.05) is 0 Å². The summed E-state index contributed by atoms with van der Waals surface area (Å²) >= 11 is 0. The van der Waals surface area contributed by atoms with E-state index in [4.69, 9.17) is 4.74 Å². The van der Waals surface area contributed by atoms with E-state index >= 15 is 0 Å². The molecule has 2 aliphatic rings. The highest BCUT2D eigenvalue weighted by Crippen LogP contribution is 2.58. The maximum Gasteiger partial charge on any atom is 0.101 e. The monoisotopic (exact) mass is 220 g/mol. The van der Waals surface area contributed by atoms with Gasteiger partial charge in [-0.15, -0.1) is 6.58 Å². The molecule has 0 aromatic rings. The van der Waals surface area contributed by atoms with Crippen LogP contribution in [0.25, 0.3) is 0 Å². The van der Waals surface area contributed by atoms with E-state index in [1.54, 1.807) is 0 Å². The molecule has 0 radical (unpaired) electrons. The molecular formula is C15H24O. The highest BCUT2D eigenvalue weighted by atomic mass is 16.6. The first-order valence-corrected chi connectivity index (χ1v) is 6.48. The van der Waals surface area contributed by atoms with Crippen LogP contribution in [0, 0.1) is 0 Å². The SMILES string of the molecule is C=C(C)CCC[C@]1(C)O[C@]12CC=C(C)CC2. The van der Waals surface area contributed by atoms with Crippen LogP contribution in [0.3, 0.4) is 0 Å². The van der Waals surface area contributed by atoms with Crippen LogP contribution in [0.5, 0.6) is 0 Å². The van der Waals surface area contributed by atoms with Crippen LogP contribution in [0.4, 0.5) is 0 Å². The van der Waals surface area contributed by atoms with E-state index in [1.165, 1.54) is 36.8 Å². The third kappa shape index (κ3) is 2.10. The second kappa shape index (κ2) is 4.03. The number of epoxide rings is 1. The summed E-state index contributed by atoms with van der Waals surface area (Å²) < 4.78 is 6.09. The molecular weight excluding hydrogens is 196 g/mol. The van der Waals surface area contributed by atoms with Crippen molar-refractivity contribution in [3.63, 3.8) is 0 Å². The van der Waals surface area contributed by atoms with E-state index in [-0.39, 0.29) is 11.2 Å². The van der Waals surface area contributed by atoms with Gasteiger partial charge in [-0.2, -0.15) is 0 Å². The Labute approximate surface area is 99.6 Å². The summed E-state index contributed by atoms with van der Waals surface area (Å²) in [7, 11) is 0. The summed E-state index contributed by atoms with van der Waals surface area (Å²) in [4.78, 5) is 0. The molecule has 16 heavy (non-hydrogen) atoms. The van der Waals surface area contributed by atoms with E-state index < -0.39 is 0 Å². The number of ether oxygens (including phenoxy) is 1. The molecule has 0 bridgehead atoms. The van der Waals surface area contributed by atoms with Crippen LogP contribution in [0.15, 0.2) is 23.8 Å². The zero-order chi connectivity index (χ0) is 11.8. The molecule has 0 N–H and O–H groups in total. The average molecular weight is 220 g/mol. The van der Waals surface area contributed by atoms with Crippen LogP contribution >= 0.6 is 0 Å². The smallest absolute Gasteiger partial charge is 0.101 e. The van der Waals surface area contributed by atoms with Crippen molar-refractivity contribution < 1.29 is 4.74 Å². The fraction of sp³-hybridized carbons (Fsp3) is 0.733. The van der Waals surface area contributed by atoms with Crippen molar-refractivity contribution in [2.45, 2.75) is 70.5 Å². The van der Waals surface area contributed by atoms with Crippen molar-refractivity contribution in [3.05, 3.63) is 23.8 Å². The van der Waals surface area contributed by atoms with Gasteiger partial charge in [-0.1, -0.05) is 17.2 Å². The van der Waals surface area contributed by atoms with Gasteiger partial charge in [0.1, 0.15) is 5.60 Å². The number of hydrogen-bond acceptors (Lipinski definition) is 1. The zero-order valence-electron chi connectivity index (χ0n) is 10.9. The van der Waals surface area contributed by atoms with Gasteiger partial charge in [-0.05, 0) is 59.3 Å². The molecule has 2 rings (SSSR count). The van der Waals surface area contributed by atoms with Crippen molar-refractivity contribution in [3.8, 4) is 0 Å². The number of allylic oxidation sites excluding steroid dienone is 2. The molecule has 1 aliphatic carbocycles. The van der Waals surface area contributed by atoms with Crippen molar-refractivity contribution in [2.75, 3.05) is 0 Å². The first kappa shape index (κ1) is 11.9. The molecule has 0 aromatic heterocycles. The standard InChI is InChI=1S/C15H24O/c1-12(2)6-5-9-14(4)15(16-14)10-7-13(3)8-11-15/h7H,1,5-6,8-11H2,2-4H3/t14-,15-/m0/s1. The Hall–Kier alpha value is -0.560. The second-order valence-corrected chi connectivity index (χ2v) is 5.89. The topological polar surface area (TPSA) is 12.5 Å². The summed E-state index contributed by atoms with van der Waals surface area (Å²) in [6, 6.07) is 0. The maximum absolute atomic E-state index is 6.09. The normalized spacial score (nSPS) is 37.3. The van der Waals surface area contributed by atoms with Crippen LogP contribution in [-0.2, 0) is 4.74 Å². The minimum atomic E-state index is 0.152. The fourth-order valence-electron chi connectivity index (χ4n) is 2.93. The fourth-order valence-corrected chi connectivity index (χ4v) is 2.93. The highest BCUT2D eigenvalue weighted by Gasteiger charge is 2.65. The molecule has 1 spiro atoms. The average Bonchev–Trinajstić information content (AvgIpc) is 2.76. The van der Waals surface area contributed by atoms with Crippen molar-refractivity contribution in [2.24, 2.45) is 0 Å². The van der Waals surface area contributed by atoms with Crippen LogP contribution in [-0.4, -0.2) is 11.2 Å². The highest BCUT2D eigenvalue weighted by molar-refractivity contribution is 5.22. The van der Waals surface area contributed by atoms with Gasteiger partial charge < -0.3 is 4.74 Å². The maximum atomic E-state index is 6.09. The molecule has 1 heterocycles. The lowest BCUT2D eigenvalue weighted by atomic mass is 9.79. The number of hydrogen-bond donors (Lipinski definition) is 0. The zero-order valence-corrected chi connectivity index (χ0v) is 10.9. The van der Waals surface area contributed by atoms with Gasteiger partial charge in [0.15, 0.2) is 0 Å². The summed E-state index contributed by atoms with van der Waals surface area (Å²) in [5.41, 5.74) is 3.17. The lowest BCUT2D eigenvalue weighted by Gasteiger charge is -2.20. The van der Waals surface area contributed by atoms with Crippen molar-refractivity contribution in [1.29, 1.82) is 0 Å². The third-order valence-corrected chi connectivity index (χ3v) is 4.30. The van der Waals surface area contributed by atoms with Crippen LogP contribution in [0.1, 0.15) is 59.3 Å². The molecule has 0 saturated carbocycles. The first-order valence-electron chi connectivity index (χ1n) is 6.48. The largest absolute Gasteiger partial charge is 0.362 e. The Morgan fingerprint density at radius 2 is 2.31 bits per heavy atom. The Balaban J connectivity index is 1.86. The minimum absolute atomic E-state index is 0.152. The van der Waals surface area contributed by atoms with E-state index in [0.717, 1.165) is 12.8 Å². The number of rotatable bonds is 4. The third-order valence-electron chi connectivity index (χ3n) is 4.30. The second-order valence-electron chi connectivity index (χ2n) is 5.89. The minimum Gasteiger partial charge on any atom is -0.362 e. The van der Waals surface area contributed by atoms with Gasteiger partial charge >= 0.3 is 0 Å². The van der Waals surface area contributed by atoms with Crippen molar-refractivity contribution >= 4 is 0 Å². The lowest BCUT2D eigenvalue weighted by molar-refractivity contribution is 0.250. The molecule has 1 aliphatic heterocycles. The van der Waals surface area contributed by atoms with Gasteiger partial charge in [-0.3, -0.25) is 0 Å². The summed E-state index contributed by atoms with van der Waals surface area (Å²) in [6.45, 7) is 10.6. The Morgan fingerprint density at radius 1 is 1.56 bits per heavy atom. The van der Waals surface area contributed by atoms with Crippen LogP contribution < -0.4 is 0 Å². The predicted molar refractivity (Wildman–Crippen MR) is 68.5 cm³/mol. The molecule has 1 fully saturated rings. The van der Waals surface area contributed by atoms with E-state index in [9.17, 15) is 0 Å². The van der Waals surface area contributed by atoms with Gasteiger partial charge in [0.05, 0.1) is 5.60 Å². The Morgan fingerprint density at radius 3 is 2.88 bits per heavy atom. The van der Waals surface area contributed by atoms with E-state index in [2.05, 4.69) is 33.4 Å². The summed E-state index contributed by atoms with van der Waals surface area (Å²) in [6.07, 6.45) is 9.48. The van der Waals surface area contributed by atoms with E-state index in [1.807, 2.05) is 0 Å². The molecule has 2 atom stereocenters. The molecule has 1 nitrogen and oxygen atoms in total. The first-order chi connectivity index (χ1) is 7.47. The molecule has 90 valence electrons.